The summed E-state index contributed by atoms with van der Waals surface area (Å²) >= 11 is 0. The molecule has 0 aliphatic rings. The first-order valence-corrected chi connectivity index (χ1v) is 8.87. The van der Waals surface area contributed by atoms with Gasteiger partial charge in [-0.25, -0.2) is 0 Å². The highest BCUT2D eigenvalue weighted by Gasteiger charge is 2.07. The zero-order valence-electron chi connectivity index (χ0n) is 14.3. The third-order valence-corrected chi connectivity index (χ3v) is 4.94. The Kier molecular flexibility index (Phi) is 3.53. The third-order valence-electron chi connectivity index (χ3n) is 4.94. The summed E-state index contributed by atoms with van der Waals surface area (Å²) in [7, 11) is 0. The maximum absolute atomic E-state index is 4.54. The number of hydrogen-bond acceptors (Lipinski definition) is 1. The number of rotatable bonds is 3. The Morgan fingerprint density at radius 1 is 0.654 bits per heavy atom. The Labute approximate surface area is 152 Å². The van der Waals surface area contributed by atoms with Crippen molar-refractivity contribution in [3.05, 3.63) is 102 Å². The van der Waals surface area contributed by atoms with Gasteiger partial charge in [-0.15, -0.1) is 0 Å². The van der Waals surface area contributed by atoms with Gasteiger partial charge in [-0.05, 0) is 39.2 Å². The van der Waals surface area contributed by atoms with Gasteiger partial charge < -0.3 is 0 Å². The Morgan fingerprint density at radius 3 is 2.35 bits per heavy atom. The van der Waals surface area contributed by atoms with Crippen LogP contribution in [0.1, 0.15) is 11.3 Å². The summed E-state index contributed by atoms with van der Waals surface area (Å²) in [5.41, 5.74) is 4.58. The molecule has 124 valence electrons. The van der Waals surface area contributed by atoms with E-state index < -0.39 is 0 Å². The van der Waals surface area contributed by atoms with E-state index in [1.165, 1.54) is 27.1 Å². The van der Waals surface area contributed by atoms with E-state index in [1.54, 1.807) is 0 Å². The van der Waals surface area contributed by atoms with Crippen molar-refractivity contribution in [2.75, 3.05) is 0 Å². The molecule has 0 aliphatic heterocycles. The largest absolute Gasteiger partial charge is 0.282 e. The molecule has 0 fully saturated rings. The molecule has 0 saturated carbocycles. The normalized spacial score (nSPS) is 11.2. The highest BCUT2D eigenvalue weighted by molar-refractivity contribution is 5.87. The molecule has 0 spiro atoms. The molecule has 1 aromatic heterocycles. The number of hydrogen-bond donors (Lipinski definition) is 1. The van der Waals surface area contributed by atoms with Gasteiger partial charge in [0.2, 0.25) is 0 Å². The number of nitrogens with zero attached hydrogens (tertiary/aromatic N) is 1. The Balaban J connectivity index is 1.49. The average Bonchev–Trinajstić information content (AvgIpc) is 3.16. The van der Waals surface area contributed by atoms with Gasteiger partial charge in [0.1, 0.15) is 0 Å². The lowest BCUT2D eigenvalue weighted by Gasteiger charge is -2.04. The molecule has 0 unspecified atom stereocenters. The van der Waals surface area contributed by atoms with Crippen molar-refractivity contribution < 1.29 is 0 Å². The van der Waals surface area contributed by atoms with Gasteiger partial charge in [-0.1, -0.05) is 78.9 Å². The molecule has 1 heterocycles. The van der Waals surface area contributed by atoms with Crippen molar-refractivity contribution in [2.45, 2.75) is 6.42 Å². The monoisotopic (exact) mass is 334 g/mol. The molecule has 26 heavy (non-hydrogen) atoms. The van der Waals surface area contributed by atoms with Crippen molar-refractivity contribution in [2.24, 2.45) is 0 Å². The number of aromatic nitrogens is 2. The molecule has 5 rings (SSSR count). The van der Waals surface area contributed by atoms with Gasteiger partial charge in [-0.3, -0.25) is 5.10 Å². The molecule has 0 aliphatic carbocycles. The van der Waals surface area contributed by atoms with E-state index in [4.69, 9.17) is 0 Å². The fraction of sp³-hybridized carbons (Fsp3) is 0.0417. The first-order chi connectivity index (χ1) is 12.9. The number of aromatic amines is 1. The molecule has 0 atom stereocenters. The van der Waals surface area contributed by atoms with Crippen LogP contribution in [0.3, 0.4) is 0 Å². The van der Waals surface area contributed by atoms with Crippen LogP contribution in [-0.4, -0.2) is 10.2 Å². The molecule has 0 saturated heterocycles. The first kappa shape index (κ1) is 14.9. The predicted octanol–water partition coefficient (Wildman–Crippen LogP) is 5.97. The van der Waals surface area contributed by atoms with Crippen molar-refractivity contribution in [1.29, 1.82) is 0 Å². The highest BCUT2D eigenvalue weighted by atomic mass is 15.1. The van der Waals surface area contributed by atoms with Gasteiger partial charge in [0.25, 0.3) is 0 Å². The highest BCUT2D eigenvalue weighted by Crippen LogP contribution is 2.25. The molecule has 5 aromatic rings. The van der Waals surface area contributed by atoms with Crippen LogP contribution in [0.2, 0.25) is 0 Å². The summed E-state index contributed by atoms with van der Waals surface area (Å²) in [6.07, 6.45) is 0.849. The van der Waals surface area contributed by atoms with Crippen LogP contribution in [0.4, 0.5) is 0 Å². The number of fused-ring (bicyclic) bond motifs is 2. The minimum atomic E-state index is 0.849. The molecular formula is C24H18N2. The van der Waals surface area contributed by atoms with Crippen LogP contribution in [0.15, 0.2) is 91.0 Å². The van der Waals surface area contributed by atoms with Gasteiger partial charge in [0.15, 0.2) is 0 Å². The Morgan fingerprint density at radius 2 is 1.42 bits per heavy atom. The van der Waals surface area contributed by atoms with Crippen molar-refractivity contribution in [1.82, 2.24) is 10.2 Å². The van der Waals surface area contributed by atoms with Gasteiger partial charge in [0, 0.05) is 17.7 Å². The van der Waals surface area contributed by atoms with Crippen LogP contribution >= 0.6 is 0 Å². The quantitative estimate of drug-likeness (QED) is 0.432. The third kappa shape index (κ3) is 2.66. The topological polar surface area (TPSA) is 28.7 Å². The standard InChI is InChI=1S/C24H18N2/c1-2-8-19-14-21(13-12-17(19)6-1)24-16-22(25-26-24)15-20-10-5-9-18-7-3-4-11-23(18)20/h1-14,16H,15H2,(H,25,26). The van der Waals surface area contributed by atoms with Crippen LogP contribution in [0.5, 0.6) is 0 Å². The molecule has 0 bridgehead atoms. The van der Waals surface area contributed by atoms with E-state index in [2.05, 4.69) is 101 Å². The lowest BCUT2D eigenvalue weighted by atomic mass is 10.0. The lowest BCUT2D eigenvalue weighted by molar-refractivity contribution is 1.00. The zero-order chi connectivity index (χ0) is 17.3. The van der Waals surface area contributed by atoms with Crippen LogP contribution in [0.25, 0.3) is 32.8 Å². The molecule has 1 N–H and O–H groups in total. The van der Waals surface area contributed by atoms with Crippen molar-refractivity contribution in [3.8, 4) is 11.3 Å². The average molecular weight is 334 g/mol. The number of H-pyrrole nitrogens is 1. The van der Waals surface area contributed by atoms with E-state index in [0.717, 1.165) is 23.4 Å². The van der Waals surface area contributed by atoms with Crippen LogP contribution in [-0.2, 0) is 6.42 Å². The van der Waals surface area contributed by atoms with Crippen molar-refractivity contribution in [3.63, 3.8) is 0 Å². The summed E-state index contributed by atoms with van der Waals surface area (Å²) in [5, 5.41) is 12.8. The molecule has 4 aromatic carbocycles. The maximum Gasteiger partial charge on any atom is 0.0923 e. The summed E-state index contributed by atoms with van der Waals surface area (Å²) in [6.45, 7) is 0. The zero-order valence-corrected chi connectivity index (χ0v) is 14.3. The first-order valence-electron chi connectivity index (χ1n) is 8.87. The molecule has 2 nitrogen and oxygen atoms in total. The summed E-state index contributed by atoms with van der Waals surface area (Å²) in [6, 6.07) is 32.1. The minimum absolute atomic E-state index is 0.849. The van der Waals surface area contributed by atoms with Gasteiger partial charge >= 0.3 is 0 Å². The Hall–Kier alpha value is -3.39. The van der Waals surface area contributed by atoms with Gasteiger partial charge in [0.05, 0.1) is 5.69 Å². The second-order valence-electron chi connectivity index (χ2n) is 6.66. The number of nitrogens with one attached hydrogen (secondary N) is 1. The fourth-order valence-electron chi connectivity index (χ4n) is 3.60. The molecular weight excluding hydrogens is 316 g/mol. The van der Waals surface area contributed by atoms with Crippen LogP contribution < -0.4 is 0 Å². The van der Waals surface area contributed by atoms with E-state index >= 15 is 0 Å². The number of benzene rings is 4. The second kappa shape index (κ2) is 6.16. The smallest absolute Gasteiger partial charge is 0.0923 e. The van der Waals surface area contributed by atoms with Gasteiger partial charge in [-0.2, -0.15) is 5.10 Å². The molecule has 2 heteroatoms. The van der Waals surface area contributed by atoms with E-state index in [0.29, 0.717) is 0 Å². The second-order valence-corrected chi connectivity index (χ2v) is 6.66. The lowest BCUT2D eigenvalue weighted by Crippen LogP contribution is -1.90. The fourth-order valence-corrected chi connectivity index (χ4v) is 3.60. The Bertz CT molecular complexity index is 1210. The van der Waals surface area contributed by atoms with Crippen molar-refractivity contribution >= 4 is 21.5 Å². The summed E-state index contributed by atoms with van der Waals surface area (Å²) in [4.78, 5) is 0. The predicted molar refractivity (Wildman–Crippen MR) is 108 cm³/mol. The summed E-state index contributed by atoms with van der Waals surface area (Å²) in [5.74, 6) is 0. The minimum Gasteiger partial charge on any atom is -0.282 e. The molecule has 0 radical (unpaired) electrons. The summed E-state index contributed by atoms with van der Waals surface area (Å²) < 4.78 is 0. The van der Waals surface area contributed by atoms with E-state index in [9.17, 15) is 0 Å². The maximum atomic E-state index is 4.54. The SMILES string of the molecule is c1ccc2cc(-c3cc(Cc4cccc5ccccc45)[nH]n3)ccc2c1. The molecule has 0 amide bonds. The van der Waals surface area contributed by atoms with E-state index in [1.807, 2.05) is 0 Å². The van der Waals surface area contributed by atoms with E-state index in [-0.39, 0.29) is 0 Å². The van der Waals surface area contributed by atoms with Crippen LogP contribution in [0, 0.1) is 0 Å².